The molecule has 0 bridgehead atoms. The molecule has 1 aromatic carbocycles. The van der Waals surface area contributed by atoms with Crippen molar-refractivity contribution in [3.05, 3.63) is 88.2 Å². The Morgan fingerprint density at radius 3 is 2.60 bits per heavy atom. The van der Waals surface area contributed by atoms with Crippen molar-refractivity contribution in [3.8, 4) is 0 Å². The highest BCUT2D eigenvalue weighted by Crippen LogP contribution is 2.29. The number of pyridine rings is 2. The molecule has 0 aliphatic carbocycles. The van der Waals surface area contributed by atoms with Gasteiger partial charge in [0.05, 0.1) is 21.3 Å². The summed E-state index contributed by atoms with van der Waals surface area (Å²) in [6.45, 7) is 0.280. The SMILES string of the molecule is O=C(Nc1c(Cl)cncc1Cl)C(=O)c1cn(Cc2cccc(F)c2)c2ncccc12. The molecule has 0 atom stereocenters. The van der Waals surface area contributed by atoms with Gasteiger partial charge in [-0.25, -0.2) is 9.37 Å². The Bertz CT molecular complexity index is 1270. The van der Waals surface area contributed by atoms with E-state index in [-0.39, 0.29) is 33.7 Å². The molecule has 0 spiro atoms. The number of amides is 1. The van der Waals surface area contributed by atoms with E-state index in [1.807, 2.05) is 0 Å². The standard InChI is InChI=1S/C21H13Cl2FN4O2/c22-16-8-25-9-17(23)18(16)27-21(30)19(29)15-11-28(20-14(15)5-2-6-26-20)10-12-3-1-4-13(24)7-12/h1-9,11H,10H2,(H,25,27,30). The molecule has 1 amide bonds. The zero-order chi connectivity index (χ0) is 21.3. The van der Waals surface area contributed by atoms with Crippen LogP contribution < -0.4 is 5.32 Å². The molecule has 4 aromatic rings. The first-order chi connectivity index (χ1) is 14.4. The third-order valence-corrected chi connectivity index (χ3v) is 4.99. The second kappa shape index (κ2) is 8.22. The minimum atomic E-state index is -0.904. The predicted octanol–water partition coefficient (Wildman–Crippen LogP) is 4.75. The van der Waals surface area contributed by atoms with Crippen molar-refractivity contribution >= 4 is 51.6 Å². The number of rotatable bonds is 5. The van der Waals surface area contributed by atoms with E-state index >= 15 is 0 Å². The van der Waals surface area contributed by atoms with E-state index in [9.17, 15) is 14.0 Å². The number of carbonyl (C=O) groups is 2. The molecule has 3 heterocycles. The van der Waals surface area contributed by atoms with Gasteiger partial charge in [-0.2, -0.15) is 0 Å². The molecule has 3 aromatic heterocycles. The van der Waals surface area contributed by atoms with Gasteiger partial charge < -0.3 is 9.88 Å². The van der Waals surface area contributed by atoms with Crippen LogP contribution in [0, 0.1) is 5.82 Å². The van der Waals surface area contributed by atoms with Gasteiger partial charge in [-0.1, -0.05) is 35.3 Å². The molecule has 0 unspecified atom stereocenters. The van der Waals surface area contributed by atoms with Crippen LogP contribution >= 0.6 is 23.2 Å². The monoisotopic (exact) mass is 442 g/mol. The molecule has 4 rings (SSSR count). The first kappa shape index (κ1) is 20.0. The van der Waals surface area contributed by atoms with Crippen LogP contribution in [0.5, 0.6) is 0 Å². The third-order valence-electron chi connectivity index (χ3n) is 4.42. The Morgan fingerprint density at radius 2 is 1.87 bits per heavy atom. The molecule has 9 heteroatoms. The van der Waals surface area contributed by atoms with Crippen LogP contribution in [0.15, 0.2) is 61.2 Å². The fourth-order valence-electron chi connectivity index (χ4n) is 3.08. The van der Waals surface area contributed by atoms with E-state index < -0.39 is 11.7 Å². The number of aromatic nitrogens is 3. The molecule has 150 valence electrons. The molecule has 0 fully saturated rings. The molecular formula is C21H13Cl2FN4O2. The van der Waals surface area contributed by atoms with Gasteiger partial charge in [0, 0.05) is 36.7 Å². The lowest BCUT2D eigenvalue weighted by atomic mass is 10.1. The molecule has 0 radical (unpaired) electrons. The highest BCUT2D eigenvalue weighted by molar-refractivity contribution is 6.50. The zero-order valence-electron chi connectivity index (χ0n) is 15.3. The molecule has 0 aliphatic heterocycles. The van der Waals surface area contributed by atoms with Crippen LogP contribution in [-0.4, -0.2) is 26.2 Å². The van der Waals surface area contributed by atoms with Crippen LogP contribution in [0.2, 0.25) is 10.0 Å². The topological polar surface area (TPSA) is 76.9 Å². The fraction of sp³-hybridized carbons (Fsp3) is 0.0476. The average molecular weight is 443 g/mol. The largest absolute Gasteiger partial charge is 0.327 e. The summed E-state index contributed by atoms with van der Waals surface area (Å²) in [5, 5.41) is 3.16. The van der Waals surface area contributed by atoms with Crippen molar-refractivity contribution in [2.45, 2.75) is 6.54 Å². The minimum absolute atomic E-state index is 0.105. The maximum absolute atomic E-state index is 13.5. The second-order valence-corrected chi connectivity index (χ2v) is 7.25. The Labute approximate surface area is 180 Å². The number of hydrogen-bond acceptors (Lipinski definition) is 4. The van der Waals surface area contributed by atoms with E-state index in [2.05, 4.69) is 15.3 Å². The normalized spacial score (nSPS) is 10.9. The number of nitrogens with zero attached hydrogens (tertiary/aromatic N) is 3. The number of nitrogens with one attached hydrogen (secondary N) is 1. The van der Waals surface area contributed by atoms with Gasteiger partial charge in [0.2, 0.25) is 0 Å². The Balaban J connectivity index is 1.68. The number of halogens is 3. The molecule has 6 nitrogen and oxygen atoms in total. The Morgan fingerprint density at radius 1 is 1.10 bits per heavy atom. The molecule has 0 saturated heterocycles. The van der Waals surface area contributed by atoms with Gasteiger partial charge in [-0.05, 0) is 29.8 Å². The summed E-state index contributed by atoms with van der Waals surface area (Å²) in [5.41, 5.74) is 1.45. The van der Waals surface area contributed by atoms with Crippen LogP contribution in [0.3, 0.4) is 0 Å². The summed E-state index contributed by atoms with van der Waals surface area (Å²) < 4.78 is 15.2. The van der Waals surface area contributed by atoms with Crippen molar-refractivity contribution in [1.29, 1.82) is 0 Å². The lowest BCUT2D eigenvalue weighted by Crippen LogP contribution is -2.23. The van der Waals surface area contributed by atoms with Crippen LogP contribution in [0.1, 0.15) is 15.9 Å². The van der Waals surface area contributed by atoms with Gasteiger partial charge in [0.1, 0.15) is 11.5 Å². The summed E-state index contributed by atoms with van der Waals surface area (Å²) in [7, 11) is 0. The van der Waals surface area contributed by atoms with E-state index in [0.717, 1.165) is 0 Å². The summed E-state index contributed by atoms with van der Waals surface area (Å²) in [5.74, 6) is -2.05. The number of hydrogen-bond donors (Lipinski definition) is 1. The van der Waals surface area contributed by atoms with Gasteiger partial charge in [-0.15, -0.1) is 0 Å². The summed E-state index contributed by atoms with van der Waals surface area (Å²) in [4.78, 5) is 33.6. The van der Waals surface area contributed by atoms with E-state index in [1.165, 1.54) is 30.7 Å². The first-order valence-corrected chi connectivity index (χ1v) is 9.52. The maximum atomic E-state index is 13.5. The Hall–Kier alpha value is -3.29. The summed E-state index contributed by atoms with van der Waals surface area (Å²) >= 11 is 12.0. The van der Waals surface area contributed by atoms with Crippen LogP contribution in [0.4, 0.5) is 10.1 Å². The van der Waals surface area contributed by atoms with Crippen molar-refractivity contribution < 1.29 is 14.0 Å². The van der Waals surface area contributed by atoms with Gasteiger partial charge in [-0.3, -0.25) is 14.6 Å². The smallest absolute Gasteiger partial charge is 0.296 e. The second-order valence-electron chi connectivity index (χ2n) is 6.44. The van der Waals surface area contributed by atoms with Crippen molar-refractivity contribution in [1.82, 2.24) is 14.5 Å². The minimum Gasteiger partial charge on any atom is -0.327 e. The van der Waals surface area contributed by atoms with Gasteiger partial charge in [0.15, 0.2) is 0 Å². The molecule has 1 N–H and O–H groups in total. The van der Waals surface area contributed by atoms with Crippen LogP contribution in [0.25, 0.3) is 11.0 Å². The lowest BCUT2D eigenvalue weighted by molar-refractivity contribution is -0.112. The fourth-order valence-corrected chi connectivity index (χ4v) is 3.54. The molecular weight excluding hydrogens is 430 g/mol. The first-order valence-electron chi connectivity index (χ1n) is 8.77. The predicted molar refractivity (Wildman–Crippen MR) is 112 cm³/mol. The number of anilines is 1. The highest BCUT2D eigenvalue weighted by Gasteiger charge is 2.23. The van der Waals surface area contributed by atoms with E-state index in [4.69, 9.17) is 23.2 Å². The Kier molecular flexibility index (Phi) is 5.48. The quantitative estimate of drug-likeness (QED) is 0.357. The number of benzene rings is 1. The third kappa shape index (κ3) is 3.90. The average Bonchev–Trinajstić information content (AvgIpc) is 3.09. The van der Waals surface area contributed by atoms with Crippen LogP contribution in [-0.2, 0) is 11.3 Å². The van der Waals surface area contributed by atoms with Gasteiger partial charge >= 0.3 is 0 Å². The molecule has 0 saturated carbocycles. The number of fused-ring (bicyclic) bond motifs is 1. The molecule has 30 heavy (non-hydrogen) atoms. The summed E-state index contributed by atoms with van der Waals surface area (Å²) in [6, 6.07) is 9.48. The molecule has 0 aliphatic rings. The van der Waals surface area contributed by atoms with E-state index in [0.29, 0.717) is 16.6 Å². The highest BCUT2D eigenvalue weighted by atomic mass is 35.5. The van der Waals surface area contributed by atoms with Gasteiger partial charge in [0.25, 0.3) is 11.7 Å². The lowest BCUT2D eigenvalue weighted by Gasteiger charge is -2.07. The number of ketones is 1. The number of carbonyl (C=O) groups excluding carboxylic acids is 2. The maximum Gasteiger partial charge on any atom is 0.296 e. The van der Waals surface area contributed by atoms with E-state index in [1.54, 1.807) is 35.0 Å². The van der Waals surface area contributed by atoms with Crippen molar-refractivity contribution in [2.75, 3.05) is 5.32 Å². The zero-order valence-corrected chi connectivity index (χ0v) is 16.8. The van der Waals surface area contributed by atoms with Crippen molar-refractivity contribution in [2.24, 2.45) is 0 Å². The summed E-state index contributed by atoms with van der Waals surface area (Å²) in [6.07, 6.45) is 5.72. The van der Waals surface area contributed by atoms with Crippen molar-refractivity contribution in [3.63, 3.8) is 0 Å². The number of Topliss-reactive ketones (excluding diaryl/α,β-unsaturated/α-hetero) is 1.